The first-order chi connectivity index (χ1) is 13.7. The number of likely N-dealkylation sites (tertiary alicyclic amines) is 1. The monoisotopic (exact) mass is 403 g/mol. The van der Waals surface area contributed by atoms with Crippen LogP contribution in [0, 0.1) is 0 Å². The Kier molecular flexibility index (Phi) is 6.29. The van der Waals surface area contributed by atoms with Crippen LogP contribution >= 0.6 is 11.6 Å². The van der Waals surface area contributed by atoms with Crippen molar-refractivity contribution < 1.29 is 13.9 Å². The van der Waals surface area contributed by atoms with Crippen LogP contribution in [-0.4, -0.2) is 66.6 Å². The van der Waals surface area contributed by atoms with Crippen molar-refractivity contribution in [3.63, 3.8) is 0 Å². The number of piperidine rings is 1. The van der Waals surface area contributed by atoms with Gasteiger partial charge in [-0.2, -0.15) is 0 Å². The van der Waals surface area contributed by atoms with Crippen molar-refractivity contribution in [2.24, 2.45) is 0 Å². The first-order valence-electron chi connectivity index (χ1n) is 9.95. The molecule has 7 heteroatoms. The average Bonchev–Trinajstić information content (AvgIpc) is 3.19. The Balaban J connectivity index is 1.36. The van der Waals surface area contributed by atoms with E-state index in [1.54, 1.807) is 6.20 Å². The number of morpholine rings is 1. The first kappa shape index (κ1) is 19.4. The van der Waals surface area contributed by atoms with E-state index in [4.69, 9.17) is 20.8 Å². The van der Waals surface area contributed by atoms with Gasteiger partial charge in [0, 0.05) is 37.6 Å². The molecular weight excluding hydrogens is 378 g/mol. The summed E-state index contributed by atoms with van der Waals surface area (Å²) < 4.78 is 11.4. The van der Waals surface area contributed by atoms with Gasteiger partial charge in [-0.1, -0.05) is 29.8 Å². The van der Waals surface area contributed by atoms with Crippen LogP contribution in [0.15, 0.2) is 34.9 Å². The quantitative estimate of drug-likeness (QED) is 0.768. The Morgan fingerprint density at radius 2 is 2.04 bits per heavy atom. The zero-order valence-electron chi connectivity index (χ0n) is 16.0. The minimum Gasteiger partial charge on any atom is -0.445 e. The molecule has 4 rings (SSSR count). The molecule has 0 N–H and O–H groups in total. The molecule has 0 saturated carbocycles. The van der Waals surface area contributed by atoms with Crippen molar-refractivity contribution in [3.05, 3.63) is 52.7 Å². The maximum Gasteiger partial charge on any atom is 0.236 e. The Bertz CT molecular complexity index is 804. The highest BCUT2D eigenvalue weighted by molar-refractivity contribution is 6.31. The molecule has 1 aromatic heterocycles. The van der Waals surface area contributed by atoms with Gasteiger partial charge in [0.2, 0.25) is 5.91 Å². The van der Waals surface area contributed by atoms with Crippen molar-refractivity contribution in [1.29, 1.82) is 0 Å². The summed E-state index contributed by atoms with van der Waals surface area (Å²) in [6.07, 6.45) is 4.38. The van der Waals surface area contributed by atoms with Crippen molar-refractivity contribution in [2.45, 2.75) is 25.2 Å². The third kappa shape index (κ3) is 4.74. The number of carbonyl (C=O) groups is 1. The van der Waals surface area contributed by atoms with Gasteiger partial charge in [-0.3, -0.25) is 9.69 Å². The van der Waals surface area contributed by atoms with Crippen LogP contribution in [0.4, 0.5) is 0 Å². The van der Waals surface area contributed by atoms with Crippen molar-refractivity contribution in [1.82, 2.24) is 14.8 Å². The summed E-state index contributed by atoms with van der Waals surface area (Å²) in [5.74, 6) is 1.88. The molecule has 3 heterocycles. The summed E-state index contributed by atoms with van der Waals surface area (Å²) in [5.41, 5.74) is 1.03. The predicted octanol–water partition coefficient (Wildman–Crippen LogP) is 2.96. The van der Waals surface area contributed by atoms with Crippen molar-refractivity contribution in [3.8, 4) is 0 Å². The van der Waals surface area contributed by atoms with Gasteiger partial charge in [0.05, 0.1) is 31.9 Å². The van der Waals surface area contributed by atoms with Crippen LogP contribution in [0.5, 0.6) is 0 Å². The van der Waals surface area contributed by atoms with Crippen LogP contribution in [0.2, 0.25) is 5.02 Å². The number of hydrogen-bond donors (Lipinski definition) is 0. The minimum atomic E-state index is 0.155. The summed E-state index contributed by atoms with van der Waals surface area (Å²) in [7, 11) is 0. The Morgan fingerprint density at radius 3 is 2.86 bits per heavy atom. The van der Waals surface area contributed by atoms with Gasteiger partial charge in [-0.15, -0.1) is 0 Å². The molecule has 0 spiro atoms. The third-order valence-electron chi connectivity index (χ3n) is 5.48. The van der Waals surface area contributed by atoms with Crippen LogP contribution in [-0.2, 0) is 16.0 Å². The van der Waals surface area contributed by atoms with E-state index in [9.17, 15) is 4.79 Å². The van der Waals surface area contributed by atoms with Gasteiger partial charge in [-0.25, -0.2) is 4.98 Å². The molecule has 1 amide bonds. The lowest BCUT2D eigenvalue weighted by molar-refractivity contribution is -0.134. The molecule has 150 valence electrons. The van der Waals surface area contributed by atoms with E-state index in [2.05, 4.69) is 9.88 Å². The fourth-order valence-electron chi connectivity index (χ4n) is 3.88. The number of rotatable bonds is 5. The summed E-state index contributed by atoms with van der Waals surface area (Å²) >= 11 is 6.25. The second kappa shape index (κ2) is 9.07. The van der Waals surface area contributed by atoms with E-state index in [-0.39, 0.29) is 11.8 Å². The smallest absolute Gasteiger partial charge is 0.236 e. The van der Waals surface area contributed by atoms with Crippen LogP contribution < -0.4 is 0 Å². The fourth-order valence-corrected chi connectivity index (χ4v) is 4.08. The molecule has 2 fully saturated rings. The number of ether oxygens (including phenoxy) is 1. The lowest BCUT2D eigenvalue weighted by Gasteiger charge is -2.34. The molecule has 1 atom stereocenters. The number of carbonyl (C=O) groups excluding carboxylic acids is 1. The van der Waals surface area contributed by atoms with Gasteiger partial charge < -0.3 is 14.1 Å². The molecule has 0 bridgehead atoms. The highest BCUT2D eigenvalue weighted by Gasteiger charge is 2.29. The lowest BCUT2D eigenvalue weighted by atomic mass is 9.98. The average molecular weight is 404 g/mol. The largest absolute Gasteiger partial charge is 0.445 e. The molecule has 1 aromatic carbocycles. The Morgan fingerprint density at radius 1 is 1.21 bits per heavy atom. The van der Waals surface area contributed by atoms with Crippen LogP contribution in [0.1, 0.15) is 36.0 Å². The number of oxazole rings is 1. The van der Waals surface area contributed by atoms with E-state index in [0.29, 0.717) is 32.7 Å². The molecule has 2 aliphatic heterocycles. The number of amides is 1. The molecule has 0 unspecified atom stereocenters. The van der Waals surface area contributed by atoms with Gasteiger partial charge >= 0.3 is 0 Å². The van der Waals surface area contributed by atoms with E-state index >= 15 is 0 Å². The van der Waals surface area contributed by atoms with Gasteiger partial charge in [0.15, 0.2) is 5.89 Å². The maximum atomic E-state index is 12.7. The van der Waals surface area contributed by atoms with Gasteiger partial charge in [0.1, 0.15) is 5.76 Å². The molecular formula is C21H26ClN3O3. The summed E-state index contributed by atoms with van der Waals surface area (Å²) in [4.78, 5) is 21.3. The highest BCUT2D eigenvalue weighted by atomic mass is 35.5. The number of halogens is 1. The second-order valence-corrected chi connectivity index (χ2v) is 7.91. The molecule has 6 nitrogen and oxygen atoms in total. The second-order valence-electron chi connectivity index (χ2n) is 7.50. The molecule has 28 heavy (non-hydrogen) atoms. The molecule has 0 radical (unpaired) electrons. The number of nitrogens with zero attached hydrogens (tertiary/aromatic N) is 3. The molecule has 2 aliphatic rings. The predicted molar refractivity (Wildman–Crippen MR) is 107 cm³/mol. The minimum absolute atomic E-state index is 0.155. The number of aromatic nitrogens is 1. The van der Waals surface area contributed by atoms with Gasteiger partial charge in [-0.05, 0) is 24.5 Å². The maximum absolute atomic E-state index is 12.7. The van der Waals surface area contributed by atoms with E-state index < -0.39 is 0 Å². The first-order valence-corrected chi connectivity index (χ1v) is 10.3. The van der Waals surface area contributed by atoms with Crippen LogP contribution in [0.25, 0.3) is 0 Å². The van der Waals surface area contributed by atoms with Crippen LogP contribution in [0.3, 0.4) is 0 Å². The molecule has 0 aliphatic carbocycles. The summed E-state index contributed by atoms with van der Waals surface area (Å²) in [6.45, 7) is 5.03. The molecule has 2 aromatic rings. The SMILES string of the molecule is O=C(CN1CCOCC1)N1CCC[C@H](c2ncc(Cc3ccccc3Cl)o2)C1. The van der Waals surface area contributed by atoms with E-state index in [1.807, 2.05) is 29.2 Å². The third-order valence-corrected chi connectivity index (χ3v) is 5.85. The highest BCUT2D eigenvalue weighted by Crippen LogP contribution is 2.28. The molecule has 2 saturated heterocycles. The summed E-state index contributed by atoms with van der Waals surface area (Å²) in [6, 6.07) is 7.77. The van der Waals surface area contributed by atoms with Gasteiger partial charge in [0.25, 0.3) is 0 Å². The Labute approximate surface area is 170 Å². The van der Waals surface area contributed by atoms with Crippen molar-refractivity contribution >= 4 is 17.5 Å². The zero-order valence-corrected chi connectivity index (χ0v) is 16.7. The lowest BCUT2D eigenvalue weighted by Crippen LogP contribution is -2.47. The zero-order chi connectivity index (χ0) is 19.3. The van der Waals surface area contributed by atoms with E-state index in [1.165, 1.54) is 0 Å². The van der Waals surface area contributed by atoms with E-state index in [0.717, 1.165) is 54.7 Å². The topological polar surface area (TPSA) is 58.8 Å². The summed E-state index contributed by atoms with van der Waals surface area (Å²) in [5, 5.41) is 0.734. The normalized spacial score (nSPS) is 21.0. The number of benzene rings is 1. The van der Waals surface area contributed by atoms with Crippen molar-refractivity contribution in [2.75, 3.05) is 45.9 Å². The number of hydrogen-bond acceptors (Lipinski definition) is 5. The Hall–Kier alpha value is -1.89. The standard InChI is InChI=1S/C21H26ClN3O3/c22-19-6-2-1-4-16(19)12-18-13-23-21(28-18)17-5-3-7-25(14-17)20(26)15-24-8-10-27-11-9-24/h1-2,4,6,13,17H,3,5,7-12,14-15H2/t17-/m0/s1. The fraction of sp³-hybridized carbons (Fsp3) is 0.524.